The summed E-state index contributed by atoms with van der Waals surface area (Å²) in [6.45, 7) is 14.2. The highest BCUT2D eigenvalue weighted by Gasteiger charge is 2.77. The molecule has 8 heteroatoms. The van der Waals surface area contributed by atoms with E-state index in [1.165, 1.54) is 0 Å². The predicted octanol–water partition coefficient (Wildman–Crippen LogP) is 6.00. The van der Waals surface area contributed by atoms with Crippen molar-refractivity contribution in [2.24, 2.45) is 23.7 Å². The number of carbonyl (C=O) groups excluding carboxylic acids is 3. The van der Waals surface area contributed by atoms with E-state index in [9.17, 15) is 14.7 Å². The minimum absolute atomic E-state index is 0.0144. The summed E-state index contributed by atoms with van der Waals surface area (Å²) in [7, 11) is 0. The Balaban J connectivity index is 1.57. The minimum atomic E-state index is -0.840. The zero-order valence-corrected chi connectivity index (χ0v) is 27.0. The molecular weight excluding hydrogens is 572 g/mol. The molecule has 8 atom stereocenters. The maximum absolute atomic E-state index is 15.0. The SMILES string of the molecule is C=CCCCCOC(=O)[C@@H]1[C@@H]2CC(C)C3(S2)C(C(=O)N(CC=C)c2ccc4ccccc4c2)N([C@@H](CO)[C@@H](C)CC)C(=O)[C@H]13. The molecule has 2 aromatic rings. The van der Waals surface area contributed by atoms with Gasteiger partial charge in [0, 0.05) is 17.5 Å². The molecule has 44 heavy (non-hydrogen) atoms. The Morgan fingerprint density at radius 1 is 1.18 bits per heavy atom. The molecule has 3 saturated heterocycles. The number of ether oxygens (including phenoxy) is 1. The highest BCUT2D eigenvalue weighted by molar-refractivity contribution is 8.02. The number of fused-ring (bicyclic) bond motifs is 2. The van der Waals surface area contributed by atoms with Crippen LogP contribution in [0, 0.1) is 23.7 Å². The number of rotatable bonds is 14. The molecule has 0 aliphatic carbocycles. The number of likely N-dealkylation sites (tertiary alicyclic amines) is 1. The van der Waals surface area contributed by atoms with Gasteiger partial charge < -0.3 is 19.6 Å². The Morgan fingerprint density at radius 2 is 1.93 bits per heavy atom. The maximum atomic E-state index is 15.0. The number of anilines is 1. The molecule has 3 aliphatic rings. The standard InChI is InChI=1S/C36H46N2O5S/c1-6-9-10-13-19-43-35(42)30-29-20-24(5)36(44-29)31(30)33(40)38(28(22-39)23(4)8-3)32(36)34(41)37(18-7-2)27-17-16-25-14-11-12-15-26(25)21-27/h6-7,11-12,14-17,21,23-24,28-32,39H,1-2,8-10,13,18-20,22H2,3-5H3/t23-,24?,28-,29-,30+,31-,32?,36?/m0/s1. The average Bonchev–Trinajstić information content (AvgIpc) is 3.63. The van der Waals surface area contributed by atoms with E-state index in [1.807, 2.05) is 62.4 Å². The molecule has 3 fully saturated rings. The van der Waals surface area contributed by atoms with Gasteiger partial charge in [-0.3, -0.25) is 14.4 Å². The third kappa shape index (κ3) is 5.38. The van der Waals surface area contributed by atoms with Gasteiger partial charge in [0.1, 0.15) is 6.04 Å². The summed E-state index contributed by atoms with van der Waals surface area (Å²) < 4.78 is 4.98. The van der Waals surface area contributed by atoms with E-state index < -0.39 is 28.7 Å². The van der Waals surface area contributed by atoms with E-state index in [-0.39, 0.29) is 48.0 Å². The molecule has 0 saturated carbocycles. The summed E-state index contributed by atoms with van der Waals surface area (Å²) in [5.74, 6) is -2.09. The Bertz CT molecular complexity index is 1410. The van der Waals surface area contributed by atoms with Crippen LogP contribution in [0.15, 0.2) is 67.8 Å². The predicted molar refractivity (Wildman–Crippen MR) is 177 cm³/mol. The number of hydrogen-bond acceptors (Lipinski definition) is 6. The first-order valence-corrected chi connectivity index (χ1v) is 16.9. The number of aliphatic hydroxyl groups is 1. The van der Waals surface area contributed by atoms with Crippen LogP contribution in [0.4, 0.5) is 5.69 Å². The van der Waals surface area contributed by atoms with Crippen molar-refractivity contribution in [2.45, 2.75) is 75.0 Å². The highest BCUT2D eigenvalue weighted by atomic mass is 32.2. The van der Waals surface area contributed by atoms with Crippen LogP contribution in [-0.2, 0) is 19.1 Å². The number of nitrogens with zero attached hydrogens (tertiary/aromatic N) is 2. The van der Waals surface area contributed by atoms with Crippen LogP contribution < -0.4 is 4.90 Å². The fourth-order valence-corrected chi connectivity index (χ4v) is 10.2. The zero-order valence-electron chi connectivity index (χ0n) is 26.2. The molecule has 0 radical (unpaired) electrons. The number of unbranched alkanes of at least 4 members (excludes halogenated alkanes) is 2. The summed E-state index contributed by atoms with van der Waals surface area (Å²) in [6, 6.07) is 12.6. The molecule has 3 heterocycles. The van der Waals surface area contributed by atoms with Gasteiger partial charge in [-0.05, 0) is 60.4 Å². The third-order valence-electron chi connectivity index (χ3n) is 10.2. The fraction of sp³-hybridized carbons (Fsp3) is 0.528. The molecule has 3 unspecified atom stereocenters. The van der Waals surface area contributed by atoms with Crippen LogP contribution in [0.5, 0.6) is 0 Å². The second-order valence-corrected chi connectivity index (χ2v) is 14.2. The number of allylic oxidation sites excluding steroid dienone is 1. The van der Waals surface area contributed by atoms with Gasteiger partial charge >= 0.3 is 5.97 Å². The van der Waals surface area contributed by atoms with Gasteiger partial charge in [-0.15, -0.1) is 24.9 Å². The van der Waals surface area contributed by atoms with Gasteiger partial charge in [-0.1, -0.05) is 69.7 Å². The van der Waals surface area contributed by atoms with Crippen LogP contribution >= 0.6 is 11.8 Å². The van der Waals surface area contributed by atoms with Crippen LogP contribution in [-0.4, -0.2) is 69.6 Å². The summed E-state index contributed by atoms with van der Waals surface area (Å²) >= 11 is 1.63. The van der Waals surface area contributed by atoms with E-state index in [2.05, 4.69) is 20.1 Å². The van der Waals surface area contributed by atoms with Crippen LogP contribution in [0.1, 0.15) is 52.9 Å². The van der Waals surface area contributed by atoms with E-state index in [0.29, 0.717) is 6.61 Å². The molecule has 2 amide bonds. The first-order chi connectivity index (χ1) is 21.2. The van der Waals surface area contributed by atoms with Gasteiger partial charge in [0.05, 0.1) is 35.8 Å². The zero-order chi connectivity index (χ0) is 31.6. The second-order valence-electron chi connectivity index (χ2n) is 12.7. The topological polar surface area (TPSA) is 87.2 Å². The Morgan fingerprint density at radius 3 is 2.61 bits per heavy atom. The number of carbonyl (C=O) groups is 3. The van der Waals surface area contributed by atoms with E-state index in [1.54, 1.807) is 27.6 Å². The number of esters is 1. The number of benzene rings is 2. The van der Waals surface area contributed by atoms with Gasteiger partial charge in [-0.2, -0.15) is 0 Å². The number of hydrogen-bond donors (Lipinski definition) is 1. The molecule has 1 spiro atoms. The molecule has 7 nitrogen and oxygen atoms in total. The lowest BCUT2D eigenvalue weighted by atomic mass is 9.66. The van der Waals surface area contributed by atoms with Crippen molar-refractivity contribution in [3.05, 3.63) is 67.8 Å². The van der Waals surface area contributed by atoms with Gasteiger partial charge in [0.2, 0.25) is 5.91 Å². The normalized spacial score (nSPS) is 28.5. The van der Waals surface area contributed by atoms with Crippen LogP contribution in [0.2, 0.25) is 0 Å². The first-order valence-electron chi connectivity index (χ1n) is 16.0. The van der Waals surface area contributed by atoms with Crippen molar-refractivity contribution in [3.8, 4) is 0 Å². The lowest BCUT2D eigenvalue weighted by molar-refractivity contribution is -0.155. The molecule has 236 valence electrons. The smallest absolute Gasteiger partial charge is 0.310 e. The largest absolute Gasteiger partial charge is 0.465 e. The number of thioether (sulfide) groups is 1. The van der Waals surface area contributed by atoms with E-state index in [4.69, 9.17) is 4.74 Å². The molecule has 0 aromatic heterocycles. The molecule has 5 rings (SSSR count). The van der Waals surface area contributed by atoms with Crippen molar-refractivity contribution in [1.29, 1.82) is 0 Å². The first kappa shape index (κ1) is 32.3. The van der Waals surface area contributed by atoms with E-state index in [0.717, 1.165) is 48.6 Å². The number of aliphatic hydroxyl groups excluding tert-OH is 1. The summed E-state index contributed by atoms with van der Waals surface area (Å²) in [5, 5.41) is 12.7. The molecule has 1 N–H and O–H groups in total. The fourth-order valence-electron chi connectivity index (χ4n) is 7.78. The number of amides is 2. The Hall–Kier alpha value is -3.10. The average molecular weight is 619 g/mol. The minimum Gasteiger partial charge on any atom is -0.465 e. The second kappa shape index (κ2) is 13.5. The lowest BCUT2D eigenvalue weighted by Crippen LogP contribution is -2.60. The summed E-state index contributed by atoms with van der Waals surface area (Å²) in [4.78, 5) is 46.8. The lowest BCUT2D eigenvalue weighted by Gasteiger charge is -2.43. The molecule has 3 aliphatic heterocycles. The van der Waals surface area contributed by atoms with Crippen molar-refractivity contribution >= 4 is 46.0 Å². The summed E-state index contributed by atoms with van der Waals surface area (Å²) in [6.07, 6.45) is 7.49. The van der Waals surface area contributed by atoms with Crippen molar-refractivity contribution < 1.29 is 24.2 Å². The van der Waals surface area contributed by atoms with Crippen LogP contribution in [0.3, 0.4) is 0 Å². The Kier molecular flexibility index (Phi) is 9.90. The quantitative estimate of drug-likeness (QED) is 0.159. The monoisotopic (exact) mass is 618 g/mol. The van der Waals surface area contributed by atoms with Crippen molar-refractivity contribution in [1.82, 2.24) is 4.90 Å². The Labute approximate surface area is 265 Å². The van der Waals surface area contributed by atoms with Crippen LogP contribution in [0.25, 0.3) is 10.8 Å². The molecule has 2 aromatic carbocycles. The van der Waals surface area contributed by atoms with Gasteiger partial charge in [0.25, 0.3) is 5.91 Å². The van der Waals surface area contributed by atoms with Crippen molar-refractivity contribution in [3.63, 3.8) is 0 Å². The summed E-state index contributed by atoms with van der Waals surface area (Å²) in [5.41, 5.74) is 0.727. The maximum Gasteiger partial charge on any atom is 0.310 e. The van der Waals surface area contributed by atoms with E-state index >= 15 is 4.79 Å². The highest BCUT2D eigenvalue weighted by Crippen LogP contribution is 2.69. The molecular formula is C36H46N2O5S. The van der Waals surface area contributed by atoms with Crippen molar-refractivity contribution in [2.75, 3.05) is 24.7 Å². The molecule has 2 bridgehead atoms. The van der Waals surface area contributed by atoms with Gasteiger partial charge in [-0.25, -0.2) is 0 Å². The third-order valence-corrected chi connectivity index (χ3v) is 12.3. The van der Waals surface area contributed by atoms with Gasteiger partial charge in [0.15, 0.2) is 0 Å².